The van der Waals surface area contributed by atoms with Crippen LogP contribution in [0.25, 0.3) is 0 Å². The summed E-state index contributed by atoms with van der Waals surface area (Å²) < 4.78 is 0. The van der Waals surface area contributed by atoms with E-state index in [1.54, 1.807) is 55.5 Å². The Bertz CT molecular complexity index is 890. The molecule has 1 aliphatic rings. The molecule has 2 aromatic rings. The number of nitrogens with one attached hydrogen (secondary N) is 1. The summed E-state index contributed by atoms with van der Waals surface area (Å²) >= 11 is 0. The van der Waals surface area contributed by atoms with Gasteiger partial charge in [0.05, 0.1) is 11.1 Å². The van der Waals surface area contributed by atoms with E-state index in [1.807, 2.05) is 6.07 Å². The third-order valence-electron chi connectivity index (χ3n) is 4.66. The van der Waals surface area contributed by atoms with Crippen LogP contribution in [0.2, 0.25) is 0 Å². The molecule has 1 aliphatic heterocycles. The van der Waals surface area contributed by atoms with E-state index in [-0.39, 0.29) is 12.8 Å². The number of carboxylic acid groups (broad SMARTS) is 1. The maximum absolute atomic E-state index is 12.5. The molecule has 0 saturated heterocycles. The highest BCUT2D eigenvalue weighted by molar-refractivity contribution is 6.21. The number of imide groups is 1. The maximum Gasteiger partial charge on any atom is 0.326 e. The van der Waals surface area contributed by atoms with Gasteiger partial charge in [-0.15, -0.1) is 0 Å². The largest absolute Gasteiger partial charge is 0.480 e. The van der Waals surface area contributed by atoms with Gasteiger partial charge in [0.2, 0.25) is 5.91 Å². The molecule has 1 heterocycles. The molecule has 7 nitrogen and oxygen atoms in total. The molecule has 0 bridgehead atoms. The van der Waals surface area contributed by atoms with Gasteiger partial charge in [-0.05, 0) is 24.6 Å². The van der Waals surface area contributed by atoms with Crippen molar-refractivity contribution in [1.82, 2.24) is 10.2 Å². The summed E-state index contributed by atoms with van der Waals surface area (Å²) in [4.78, 5) is 49.9. The minimum Gasteiger partial charge on any atom is -0.480 e. The predicted octanol–water partition coefficient (Wildman–Crippen LogP) is 1.87. The molecule has 0 saturated carbocycles. The monoisotopic (exact) mass is 380 g/mol. The molecule has 2 unspecified atom stereocenters. The van der Waals surface area contributed by atoms with Crippen molar-refractivity contribution in [2.75, 3.05) is 0 Å². The summed E-state index contributed by atoms with van der Waals surface area (Å²) in [5.74, 6) is -2.57. The van der Waals surface area contributed by atoms with Gasteiger partial charge in [0.25, 0.3) is 11.8 Å². The van der Waals surface area contributed by atoms with Crippen LogP contribution in [0.1, 0.15) is 39.6 Å². The van der Waals surface area contributed by atoms with Gasteiger partial charge >= 0.3 is 5.97 Å². The van der Waals surface area contributed by atoms with E-state index in [2.05, 4.69) is 5.32 Å². The number of amides is 3. The van der Waals surface area contributed by atoms with Crippen molar-refractivity contribution in [2.45, 2.75) is 31.8 Å². The van der Waals surface area contributed by atoms with E-state index >= 15 is 0 Å². The molecule has 2 N–H and O–H groups in total. The second-order valence-corrected chi connectivity index (χ2v) is 6.73. The number of hydrogen-bond donors (Lipinski definition) is 2. The van der Waals surface area contributed by atoms with Crippen LogP contribution in [0.4, 0.5) is 0 Å². The number of hydrogen-bond acceptors (Lipinski definition) is 4. The zero-order valence-corrected chi connectivity index (χ0v) is 15.3. The van der Waals surface area contributed by atoms with E-state index in [1.165, 1.54) is 0 Å². The van der Waals surface area contributed by atoms with Gasteiger partial charge in [-0.25, -0.2) is 4.79 Å². The molecule has 144 valence electrons. The number of benzene rings is 2. The Labute approximate surface area is 162 Å². The van der Waals surface area contributed by atoms with Gasteiger partial charge in [-0.1, -0.05) is 42.5 Å². The van der Waals surface area contributed by atoms with Crippen molar-refractivity contribution in [3.63, 3.8) is 0 Å². The standard InChI is InChI=1S/C21H20N2O5/c1-13(23-19(25)15-9-5-6-10-16(15)20(23)26)11-18(24)22-17(21(27)28)12-14-7-3-2-4-8-14/h2-10,13,17H,11-12H2,1H3,(H,22,24)(H,27,28). The summed E-state index contributed by atoms with van der Waals surface area (Å²) in [6.45, 7) is 1.59. The second kappa shape index (κ2) is 8.04. The molecule has 28 heavy (non-hydrogen) atoms. The molecule has 0 aliphatic carbocycles. The molecule has 3 rings (SSSR count). The van der Waals surface area contributed by atoms with Crippen LogP contribution in [-0.4, -0.2) is 45.8 Å². The van der Waals surface area contributed by atoms with E-state index in [0.29, 0.717) is 11.1 Å². The van der Waals surface area contributed by atoms with Gasteiger partial charge in [0.1, 0.15) is 6.04 Å². The van der Waals surface area contributed by atoms with Crippen LogP contribution in [0.5, 0.6) is 0 Å². The highest BCUT2D eigenvalue weighted by Crippen LogP contribution is 2.25. The quantitative estimate of drug-likeness (QED) is 0.714. The number of aliphatic carboxylic acids is 1. The summed E-state index contributed by atoms with van der Waals surface area (Å²) in [7, 11) is 0. The van der Waals surface area contributed by atoms with Crippen molar-refractivity contribution < 1.29 is 24.3 Å². The molecule has 2 aromatic carbocycles. The average Bonchev–Trinajstić information content (AvgIpc) is 2.93. The highest BCUT2D eigenvalue weighted by atomic mass is 16.4. The zero-order chi connectivity index (χ0) is 20.3. The third-order valence-corrected chi connectivity index (χ3v) is 4.66. The summed E-state index contributed by atoms with van der Waals surface area (Å²) in [6.07, 6.45) is -0.0344. The first-order valence-corrected chi connectivity index (χ1v) is 8.91. The van der Waals surface area contributed by atoms with Crippen LogP contribution >= 0.6 is 0 Å². The average molecular weight is 380 g/mol. The number of carboxylic acids is 1. The SMILES string of the molecule is CC(CC(=O)NC(Cc1ccccc1)C(=O)O)N1C(=O)c2ccccc2C1=O. The first kappa shape index (κ1) is 19.3. The first-order chi connectivity index (χ1) is 13.4. The lowest BCUT2D eigenvalue weighted by Gasteiger charge is -2.23. The zero-order valence-electron chi connectivity index (χ0n) is 15.3. The lowest BCUT2D eigenvalue weighted by atomic mass is 10.1. The first-order valence-electron chi connectivity index (χ1n) is 8.91. The molecule has 3 amide bonds. The molecular weight excluding hydrogens is 360 g/mol. The number of fused-ring (bicyclic) bond motifs is 1. The summed E-state index contributed by atoms with van der Waals surface area (Å²) in [5, 5.41) is 11.9. The minimum absolute atomic E-state index is 0.142. The number of nitrogens with zero attached hydrogens (tertiary/aromatic N) is 1. The molecule has 7 heteroatoms. The number of carbonyl (C=O) groups is 4. The fourth-order valence-corrected chi connectivity index (χ4v) is 3.27. The van der Waals surface area contributed by atoms with Crippen LogP contribution in [-0.2, 0) is 16.0 Å². The maximum atomic E-state index is 12.5. The normalized spacial score (nSPS) is 15.1. The fourth-order valence-electron chi connectivity index (χ4n) is 3.27. The smallest absolute Gasteiger partial charge is 0.326 e. The topological polar surface area (TPSA) is 104 Å². The number of rotatable bonds is 7. The molecule has 0 spiro atoms. The lowest BCUT2D eigenvalue weighted by molar-refractivity contribution is -0.141. The highest BCUT2D eigenvalue weighted by Gasteiger charge is 2.38. The van der Waals surface area contributed by atoms with E-state index in [9.17, 15) is 24.3 Å². The Hall–Kier alpha value is -3.48. The van der Waals surface area contributed by atoms with Gasteiger partial charge in [-0.2, -0.15) is 0 Å². The van der Waals surface area contributed by atoms with E-state index < -0.39 is 35.8 Å². The Morgan fingerprint density at radius 2 is 1.50 bits per heavy atom. The molecule has 0 aromatic heterocycles. The third kappa shape index (κ3) is 3.93. The van der Waals surface area contributed by atoms with Crippen molar-refractivity contribution >= 4 is 23.7 Å². The molecule has 0 radical (unpaired) electrons. The molecular formula is C21H20N2O5. The van der Waals surface area contributed by atoms with Gasteiger partial charge < -0.3 is 10.4 Å². The predicted molar refractivity (Wildman–Crippen MR) is 101 cm³/mol. The Morgan fingerprint density at radius 3 is 2.04 bits per heavy atom. The van der Waals surface area contributed by atoms with Crippen molar-refractivity contribution in [2.24, 2.45) is 0 Å². The Balaban J connectivity index is 1.64. The van der Waals surface area contributed by atoms with E-state index in [0.717, 1.165) is 10.5 Å². The molecule has 2 atom stereocenters. The van der Waals surface area contributed by atoms with Crippen LogP contribution in [0.15, 0.2) is 54.6 Å². The summed E-state index contributed by atoms with van der Waals surface area (Å²) in [6, 6.07) is 13.7. The fraction of sp³-hybridized carbons (Fsp3) is 0.238. The Morgan fingerprint density at radius 1 is 0.964 bits per heavy atom. The van der Waals surface area contributed by atoms with Crippen molar-refractivity contribution in [1.29, 1.82) is 0 Å². The van der Waals surface area contributed by atoms with Crippen molar-refractivity contribution in [3.05, 3.63) is 71.3 Å². The molecule has 0 fully saturated rings. The minimum atomic E-state index is -1.15. The summed E-state index contributed by atoms with van der Waals surface area (Å²) in [5.41, 5.74) is 1.41. The van der Waals surface area contributed by atoms with Crippen molar-refractivity contribution in [3.8, 4) is 0 Å². The number of carbonyl (C=O) groups excluding carboxylic acids is 3. The Kier molecular flexibility index (Phi) is 5.54. The van der Waals surface area contributed by atoms with Gasteiger partial charge in [-0.3, -0.25) is 19.3 Å². The van der Waals surface area contributed by atoms with Crippen LogP contribution in [0, 0.1) is 0 Å². The second-order valence-electron chi connectivity index (χ2n) is 6.73. The van der Waals surface area contributed by atoms with Crippen LogP contribution < -0.4 is 5.32 Å². The lowest BCUT2D eigenvalue weighted by Crippen LogP contribution is -2.46. The van der Waals surface area contributed by atoms with E-state index in [4.69, 9.17) is 0 Å². The van der Waals surface area contributed by atoms with Gasteiger partial charge in [0.15, 0.2) is 0 Å². The van der Waals surface area contributed by atoms with Crippen LogP contribution in [0.3, 0.4) is 0 Å². The van der Waals surface area contributed by atoms with Gasteiger partial charge in [0, 0.05) is 18.9 Å².